The molecule has 116 valence electrons. The third-order valence-electron chi connectivity index (χ3n) is 2.65. The Morgan fingerprint density at radius 1 is 1.41 bits per heavy atom. The summed E-state index contributed by atoms with van der Waals surface area (Å²) in [6, 6.07) is 8.21. The molecular formula is C15H15ClN2O3S. The van der Waals surface area contributed by atoms with Crippen LogP contribution in [0.1, 0.15) is 17.3 Å². The number of thioether (sulfide) groups is 1. The lowest BCUT2D eigenvalue weighted by atomic mass is 10.00. The molecule has 0 N–H and O–H groups in total. The molecule has 0 spiro atoms. The van der Waals surface area contributed by atoms with E-state index in [1.54, 1.807) is 37.4 Å². The van der Waals surface area contributed by atoms with Gasteiger partial charge in [-0.2, -0.15) is 5.26 Å². The minimum atomic E-state index is -1.05. The van der Waals surface area contributed by atoms with Crippen LogP contribution in [-0.4, -0.2) is 36.2 Å². The molecule has 0 aromatic heterocycles. The van der Waals surface area contributed by atoms with Gasteiger partial charge in [0.05, 0.1) is 17.7 Å². The quantitative estimate of drug-likeness (QED) is 0.345. The highest BCUT2D eigenvalue weighted by molar-refractivity contribution is 8.13. The van der Waals surface area contributed by atoms with Crippen LogP contribution in [0.4, 0.5) is 0 Å². The van der Waals surface area contributed by atoms with Gasteiger partial charge in [0.2, 0.25) is 0 Å². The van der Waals surface area contributed by atoms with E-state index in [1.165, 1.54) is 0 Å². The summed E-state index contributed by atoms with van der Waals surface area (Å²) < 4.78 is 4.77. The lowest BCUT2D eigenvalue weighted by Gasteiger charge is -2.10. The second-order valence-corrected chi connectivity index (χ2v) is 5.36. The van der Waals surface area contributed by atoms with Gasteiger partial charge in [-0.15, -0.1) is 11.8 Å². The van der Waals surface area contributed by atoms with Crippen LogP contribution in [0.15, 0.2) is 29.3 Å². The maximum absolute atomic E-state index is 12.4. The fourth-order valence-electron chi connectivity index (χ4n) is 1.63. The summed E-state index contributed by atoms with van der Waals surface area (Å²) in [6.45, 7) is 1.74. The van der Waals surface area contributed by atoms with E-state index < -0.39 is 11.9 Å². The van der Waals surface area contributed by atoms with E-state index >= 15 is 0 Å². The SMILES string of the molecule is CCOC(=O)CN=C(SC)C(C#N)C(=O)c1ccc(Cl)cc1. The number of nitrogens with zero attached hydrogens (tertiary/aromatic N) is 2. The number of esters is 1. The van der Waals surface area contributed by atoms with Crippen molar-refractivity contribution in [2.24, 2.45) is 10.9 Å². The molecule has 22 heavy (non-hydrogen) atoms. The van der Waals surface area contributed by atoms with E-state index in [9.17, 15) is 14.9 Å². The summed E-state index contributed by atoms with van der Waals surface area (Å²) in [5.41, 5.74) is 0.369. The molecule has 1 aromatic rings. The normalized spacial score (nSPS) is 12.4. The van der Waals surface area contributed by atoms with Crippen LogP contribution in [0.2, 0.25) is 5.02 Å². The van der Waals surface area contributed by atoms with Gasteiger partial charge in [0.15, 0.2) is 11.7 Å². The fraction of sp³-hybridized carbons (Fsp3) is 0.333. The maximum atomic E-state index is 12.4. The van der Waals surface area contributed by atoms with Crippen LogP contribution in [0.5, 0.6) is 0 Å². The highest BCUT2D eigenvalue weighted by atomic mass is 35.5. The number of hydrogen-bond acceptors (Lipinski definition) is 6. The highest BCUT2D eigenvalue weighted by Gasteiger charge is 2.25. The molecule has 1 rings (SSSR count). The van der Waals surface area contributed by atoms with Crippen LogP contribution in [0, 0.1) is 17.2 Å². The first-order valence-corrected chi connectivity index (χ1v) is 8.07. The molecule has 0 radical (unpaired) electrons. The Morgan fingerprint density at radius 3 is 2.55 bits per heavy atom. The average Bonchev–Trinajstić information content (AvgIpc) is 2.51. The molecule has 0 saturated carbocycles. The van der Waals surface area contributed by atoms with E-state index in [2.05, 4.69) is 4.99 Å². The Kier molecular flexibility index (Phi) is 7.64. The Morgan fingerprint density at radius 2 is 2.05 bits per heavy atom. The van der Waals surface area contributed by atoms with E-state index in [1.807, 2.05) is 6.07 Å². The molecule has 0 aliphatic heterocycles. The molecular weight excluding hydrogens is 324 g/mol. The van der Waals surface area contributed by atoms with Crippen LogP contribution >= 0.6 is 23.4 Å². The van der Waals surface area contributed by atoms with Gasteiger partial charge in [-0.05, 0) is 37.4 Å². The second kappa shape index (κ2) is 9.23. The molecule has 5 nitrogen and oxygen atoms in total. The van der Waals surface area contributed by atoms with Crippen molar-refractivity contribution in [3.8, 4) is 6.07 Å². The van der Waals surface area contributed by atoms with E-state index in [0.29, 0.717) is 10.6 Å². The molecule has 7 heteroatoms. The summed E-state index contributed by atoms with van der Waals surface area (Å²) in [6.07, 6.45) is 1.70. The third-order valence-corrected chi connectivity index (χ3v) is 3.68. The van der Waals surface area contributed by atoms with Gasteiger partial charge in [-0.25, -0.2) is 0 Å². The first-order chi connectivity index (χ1) is 10.5. The first-order valence-electron chi connectivity index (χ1n) is 6.46. The minimum Gasteiger partial charge on any atom is -0.465 e. The molecule has 1 aromatic carbocycles. The smallest absolute Gasteiger partial charge is 0.327 e. The number of ketones is 1. The number of rotatable bonds is 6. The minimum absolute atomic E-state index is 0.212. The van der Waals surface area contributed by atoms with E-state index in [0.717, 1.165) is 11.8 Å². The summed E-state index contributed by atoms with van der Waals surface area (Å²) in [7, 11) is 0. The van der Waals surface area contributed by atoms with Crippen molar-refractivity contribution in [2.45, 2.75) is 6.92 Å². The molecule has 0 fully saturated rings. The number of nitriles is 1. The van der Waals surface area contributed by atoms with Gasteiger partial charge in [0.1, 0.15) is 6.54 Å². The number of Topliss-reactive ketones (excluding diaryl/α,β-unsaturated/α-hetero) is 1. The number of carbonyl (C=O) groups excluding carboxylic acids is 2. The maximum Gasteiger partial charge on any atom is 0.327 e. The number of ether oxygens (including phenoxy) is 1. The monoisotopic (exact) mass is 338 g/mol. The predicted octanol–water partition coefficient (Wildman–Crippen LogP) is 2.99. The molecule has 0 aliphatic rings. The van der Waals surface area contributed by atoms with Gasteiger partial charge in [-0.3, -0.25) is 14.6 Å². The lowest BCUT2D eigenvalue weighted by molar-refractivity contribution is -0.141. The van der Waals surface area contributed by atoms with E-state index in [4.69, 9.17) is 16.3 Å². The number of hydrogen-bond donors (Lipinski definition) is 0. The topological polar surface area (TPSA) is 79.5 Å². The molecule has 0 bridgehead atoms. The Labute approximate surface area is 138 Å². The summed E-state index contributed by atoms with van der Waals surface area (Å²) in [4.78, 5) is 27.7. The predicted molar refractivity (Wildman–Crippen MR) is 87.3 cm³/mol. The fourth-order valence-corrected chi connectivity index (χ4v) is 2.34. The van der Waals surface area contributed by atoms with Crippen molar-refractivity contribution in [1.82, 2.24) is 0 Å². The summed E-state index contributed by atoms with van der Waals surface area (Å²) >= 11 is 6.94. The molecule has 1 atom stereocenters. The molecule has 1 unspecified atom stereocenters. The number of benzene rings is 1. The Balaban J connectivity index is 2.94. The first kappa shape index (κ1) is 18.2. The van der Waals surface area contributed by atoms with Crippen molar-refractivity contribution in [3.05, 3.63) is 34.9 Å². The molecule has 0 saturated heterocycles. The Hall–Kier alpha value is -1.84. The van der Waals surface area contributed by atoms with Gasteiger partial charge in [-0.1, -0.05) is 11.6 Å². The van der Waals surface area contributed by atoms with Crippen molar-refractivity contribution >= 4 is 40.2 Å². The zero-order chi connectivity index (χ0) is 16.5. The van der Waals surface area contributed by atoms with Gasteiger partial charge >= 0.3 is 5.97 Å². The van der Waals surface area contributed by atoms with Crippen molar-refractivity contribution in [1.29, 1.82) is 5.26 Å². The van der Waals surface area contributed by atoms with Crippen LogP contribution in [0.25, 0.3) is 0 Å². The summed E-state index contributed by atoms with van der Waals surface area (Å²) in [5, 5.41) is 10.1. The number of aliphatic imine (C=N–C) groups is 1. The van der Waals surface area contributed by atoms with Crippen molar-refractivity contribution in [3.63, 3.8) is 0 Å². The van der Waals surface area contributed by atoms with Crippen LogP contribution < -0.4 is 0 Å². The van der Waals surface area contributed by atoms with Crippen LogP contribution in [-0.2, 0) is 9.53 Å². The zero-order valence-electron chi connectivity index (χ0n) is 12.2. The number of halogens is 1. The summed E-state index contributed by atoms with van der Waals surface area (Å²) in [5.74, 6) is -1.92. The van der Waals surface area contributed by atoms with Gasteiger partial charge in [0, 0.05) is 10.6 Å². The van der Waals surface area contributed by atoms with Crippen molar-refractivity contribution in [2.75, 3.05) is 19.4 Å². The largest absolute Gasteiger partial charge is 0.465 e. The molecule has 0 amide bonds. The zero-order valence-corrected chi connectivity index (χ0v) is 13.8. The van der Waals surface area contributed by atoms with Crippen LogP contribution in [0.3, 0.4) is 0 Å². The van der Waals surface area contributed by atoms with Gasteiger partial charge < -0.3 is 4.74 Å². The average molecular weight is 339 g/mol. The van der Waals surface area contributed by atoms with Crippen molar-refractivity contribution < 1.29 is 14.3 Å². The number of carbonyl (C=O) groups is 2. The Bertz CT molecular complexity index is 608. The third kappa shape index (κ3) is 5.17. The molecule has 0 heterocycles. The highest BCUT2D eigenvalue weighted by Crippen LogP contribution is 2.18. The second-order valence-electron chi connectivity index (χ2n) is 4.10. The molecule has 0 aliphatic carbocycles. The van der Waals surface area contributed by atoms with E-state index in [-0.39, 0.29) is 24.0 Å². The standard InChI is InChI=1S/C15H15ClN2O3S/c1-3-21-13(19)9-18-15(22-2)12(8-17)14(20)10-4-6-11(16)7-5-10/h4-7,12H,3,9H2,1-2H3. The van der Waals surface area contributed by atoms with Gasteiger partial charge in [0.25, 0.3) is 0 Å². The lowest BCUT2D eigenvalue weighted by Crippen LogP contribution is -2.22.